The van der Waals surface area contributed by atoms with Crippen molar-refractivity contribution in [1.82, 2.24) is 19.7 Å². The van der Waals surface area contributed by atoms with E-state index < -0.39 is 0 Å². The zero-order valence-corrected chi connectivity index (χ0v) is 13.9. The topological polar surface area (TPSA) is 52.4 Å². The molecule has 6 nitrogen and oxygen atoms in total. The number of ether oxygens (including phenoxy) is 2. The molecule has 2 rings (SSSR count). The lowest BCUT2D eigenvalue weighted by Gasteiger charge is -2.42. The van der Waals surface area contributed by atoms with Crippen molar-refractivity contribution in [2.75, 3.05) is 26.8 Å². The lowest BCUT2D eigenvalue weighted by molar-refractivity contribution is -0.154. The molecule has 0 aromatic carbocycles. The van der Waals surface area contributed by atoms with E-state index in [4.69, 9.17) is 9.47 Å². The summed E-state index contributed by atoms with van der Waals surface area (Å²) >= 11 is 0. The molecule has 1 aromatic heterocycles. The molecule has 1 aliphatic heterocycles. The van der Waals surface area contributed by atoms with E-state index in [-0.39, 0.29) is 11.7 Å². The van der Waals surface area contributed by atoms with Crippen LogP contribution >= 0.6 is 0 Å². The van der Waals surface area contributed by atoms with Gasteiger partial charge in [-0.15, -0.1) is 0 Å². The van der Waals surface area contributed by atoms with E-state index in [9.17, 15) is 0 Å². The van der Waals surface area contributed by atoms with Gasteiger partial charge in [0.15, 0.2) is 0 Å². The molecule has 0 saturated carbocycles. The third kappa shape index (κ3) is 4.76. The standard InChI is InChI=1S/C15H28N4O2/c1-12(2)6-19-14(16-11-17-19)8-18-7-13(9-20-5)21-15(3,4)10-18/h11-13H,6-10H2,1-5H3. The van der Waals surface area contributed by atoms with Crippen LogP contribution in [-0.2, 0) is 22.6 Å². The molecule has 21 heavy (non-hydrogen) atoms. The molecule has 0 bridgehead atoms. The molecule has 6 heteroatoms. The lowest BCUT2D eigenvalue weighted by atomic mass is 10.1. The van der Waals surface area contributed by atoms with Crippen LogP contribution < -0.4 is 0 Å². The Bertz CT molecular complexity index is 445. The Balaban J connectivity index is 2.02. The Labute approximate surface area is 127 Å². The minimum Gasteiger partial charge on any atom is -0.382 e. The number of nitrogens with zero attached hydrogens (tertiary/aromatic N) is 4. The van der Waals surface area contributed by atoms with Crippen LogP contribution in [0.2, 0.25) is 0 Å². The van der Waals surface area contributed by atoms with E-state index in [0.29, 0.717) is 12.5 Å². The van der Waals surface area contributed by atoms with Crippen LogP contribution in [0.3, 0.4) is 0 Å². The van der Waals surface area contributed by atoms with Crippen molar-refractivity contribution >= 4 is 0 Å². The third-order valence-corrected chi connectivity index (χ3v) is 3.50. The Hall–Kier alpha value is -0.980. The summed E-state index contributed by atoms with van der Waals surface area (Å²) in [7, 11) is 1.72. The van der Waals surface area contributed by atoms with Crippen molar-refractivity contribution in [3.8, 4) is 0 Å². The second-order valence-electron chi connectivity index (χ2n) is 6.88. The monoisotopic (exact) mass is 296 g/mol. The maximum atomic E-state index is 6.05. The first-order valence-electron chi connectivity index (χ1n) is 7.65. The average Bonchev–Trinajstić information content (AvgIpc) is 2.74. The van der Waals surface area contributed by atoms with E-state index in [2.05, 4.69) is 42.7 Å². The fourth-order valence-corrected chi connectivity index (χ4v) is 2.92. The first-order valence-corrected chi connectivity index (χ1v) is 7.65. The van der Waals surface area contributed by atoms with Gasteiger partial charge in [-0.05, 0) is 19.8 Å². The molecule has 0 radical (unpaired) electrons. The fraction of sp³-hybridized carbons (Fsp3) is 0.867. The molecular weight excluding hydrogens is 268 g/mol. The zero-order valence-electron chi connectivity index (χ0n) is 13.9. The van der Waals surface area contributed by atoms with Crippen molar-refractivity contribution in [1.29, 1.82) is 0 Å². The molecule has 0 spiro atoms. The number of methoxy groups -OCH3 is 1. The molecule has 1 atom stereocenters. The van der Waals surface area contributed by atoms with Gasteiger partial charge in [0.25, 0.3) is 0 Å². The van der Waals surface area contributed by atoms with Gasteiger partial charge in [0, 0.05) is 26.7 Å². The SMILES string of the molecule is COCC1CN(Cc2ncnn2CC(C)C)CC(C)(C)O1. The summed E-state index contributed by atoms with van der Waals surface area (Å²) in [4.78, 5) is 6.80. The third-order valence-electron chi connectivity index (χ3n) is 3.50. The van der Waals surface area contributed by atoms with Crippen molar-refractivity contribution in [2.24, 2.45) is 5.92 Å². The molecule has 0 amide bonds. The molecule has 1 fully saturated rings. The summed E-state index contributed by atoms with van der Waals surface area (Å²) in [5.41, 5.74) is -0.162. The van der Waals surface area contributed by atoms with Gasteiger partial charge in [0.2, 0.25) is 0 Å². The highest BCUT2D eigenvalue weighted by atomic mass is 16.5. The quantitative estimate of drug-likeness (QED) is 0.797. The Morgan fingerprint density at radius 3 is 2.90 bits per heavy atom. The van der Waals surface area contributed by atoms with Crippen molar-refractivity contribution in [3.63, 3.8) is 0 Å². The molecule has 1 unspecified atom stereocenters. The number of morpholine rings is 1. The van der Waals surface area contributed by atoms with Crippen LogP contribution in [0, 0.1) is 5.92 Å². The summed E-state index contributed by atoms with van der Waals surface area (Å²) in [5, 5.41) is 4.34. The van der Waals surface area contributed by atoms with Crippen LogP contribution in [-0.4, -0.2) is 58.2 Å². The summed E-state index contributed by atoms with van der Waals surface area (Å²) in [6.07, 6.45) is 1.76. The Kier molecular flexibility index (Phi) is 5.35. The highest BCUT2D eigenvalue weighted by Crippen LogP contribution is 2.22. The Morgan fingerprint density at radius 1 is 1.48 bits per heavy atom. The second-order valence-corrected chi connectivity index (χ2v) is 6.88. The predicted molar refractivity (Wildman–Crippen MR) is 81.0 cm³/mol. The molecule has 0 N–H and O–H groups in total. The smallest absolute Gasteiger partial charge is 0.141 e. The predicted octanol–water partition coefficient (Wildman–Crippen LogP) is 1.56. The highest BCUT2D eigenvalue weighted by molar-refractivity contribution is 4.90. The molecule has 1 aliphatic rings. The average molecular weight is 296 g/mol. The maximum absolute atomic E-state index is 6.05. The summed E-state index contributed by atoms with van der Waals surface area (Å²) in [6, 6.07) is 0. The number of rotatable bonds is 6. The van der Waals surface area contributed by atoms with Gasteiger partial charge >= 0.3 is 0 Å². The van der Waals surface area contributed by atoms with E-state index in [1.165, 1.54) is 0 Å². The van der Waals surface area contributed by atoms with E-state index >= 15 is 0 Å². The first-order chi connectivity index (χ1) is 9.89. The van der Waals surface area contributed by atoms with Crippen LogP contribution in [0.5, 0.6) is 0 Å². The van der Waals surface area contributed by atoms with Crippen molar-refractivity contribution < 1.29 is 9.47 Å². The Morgan fingerprint density at radius 2 is 2.24 bits per heavy atom. The van der Waals surface area contributed by atoms with Crippen molar-refractivity contribution in [2.45, 2.75) is 52.5 Å². The van der Waals surface area contributed by atoms with E-state index in [1.54, 1.807) is 13.4 Å². The van der Waals surface area contributed by atoms with Gasteiger partial charge in [-0.1, -0.05) is 13.8 Å². The highest BCUT2D eigenvalue weighted by Gasteiger charge is 2.33. The lowest BCUT2D eigenvalue weighted by Crippen LogP contribution is -2.53. The molecule has 0 aliphatic carbocycles. The number of hydrogen-bond acceptors (Lipinski definition) is 5. The van der Waals surface area contributed by atoms with Gasteiger partial charge in [0.05, 0.1) is 24.9 Å². The normalized spacial score (nSPS) is 22.9. The van der Waals surface area contributed by atoms with Gasteiger partial charge in [-0.25, -0.2) is 9.67 Å². The largest absolute Gasteiger partial charge is 0.382 e. The fourth-order valence-electron chi connectivity index (χ4n) is 2.92. The van der Waals surface area contributed by atoms with Gasteiger partial charge in [-0.3, -0.25) is 4.90 Å². The van der Waals surface area contributed by atoms with Gasteiger partial charge in [0.1, 0.15) is 12.2 Å². The minimum absolute atomic E-state index is 0.111. The zero-order chi connectivity index (χ0) is 15.5. The number of aromatic nitrogens is 3. The van der Waals surface area contributed by atoms with Crippen LogP contribution in [0.25, 0.3) is 0 Å². The van der Waals surface area contributed by atoms with Gasteiger partial charge < -0.3 is 9.47 Å². The van der Waals surface area contributed by atoms with E-state index in [0.717, 1.165) is 32.0 Å². The maximum Gasteiger partial charge on any atom is 0.141 e. The minimum atomic E-state index is -0.162. The molecule has 1 saturated heterocycles. The van der Waals surface area contributed by atoms with Crippen LogP contribution in [0.1, 0.15) is 33.5 Å². The van der Waals surface area contributed by atoms with E-state index in [1.807, 2.05) is 4.68 Å². The van der Waals surface area contributed by atoms with Gasteiger partial charge in [-0.2, -0.15) is 5.10 Å². The van der Waals surface area contributed by atoms with Crippen LogP contribution in [0.4, 0.5) is 0 Å². The van der Waals surface area contributed by atoms with Crippen LogP contribution in [0.15, 0.2) is 6.33 Å². The first kappa shape index (κ1) is 16.4. The summed E-state index contributed by atoms with van der Waals surface area (Å²) in [5.74, 6) is 1.59. The summed E-state index contributed by atoms with van der Waals surface area (Å²) < 4.78 is 13.3. The second kappa shape index (κ2) is 6.85. The molecular formula is C15H28N4O2. The summed E-state index contributed by atoms with van der Waals surface area (Å²) in [6.45, 7) is 12.7. The molecule has 1 aromatic rings. The van der Waals surface area contributed by atoms with Crippen molar-refractivity contribution in [3.05, 3.63) is 12.2 Å². The number of hydrogen-bond donors (Lipinski definition) is 0. The molecule has 2 heterocycles. The molecule has 120 valence electrons.